The Morgan fingerprint density at radius 3 is 2.70 bits per heavy atom. The average molecular weight is 274 g/mol. The minimum atomic E-state index is -0.403. The van der Waals surface area contributed by atoms with E-state index in [1.165, 1.54) is 0 Å². The van der Waals surface area contributed by atoms with Crippen molar-refractivity contribution in [2.24, 2.45) is 5.73 Å². The van der Waals surface area contributed by atoms with Gasteiger partial charge in [0, 0.05) is 12.0 Å². The molecule has 0 saturated carbocycles. The number of rotatable bonds is 6. The molecule has 106 valence electrons. The van der Waals surface area contributed by atoms with Crippen LogP contribution < -0.4 is 11.1 Å². The highest BCUT2D eigenvalue weighted by Gasteiger charge is 2.21. The van der Waals surface area contributed by atoms with Gasteiger partial charge >= 0.3 is 0 Å². The molecule has 0 aliphatic heterocycles. The molecule has 0 radical (unpaired) electrons. The minimum absolute atomic E-state index is 0.250. The monoisotopic (exact) mass is 274 g/mol. The van der Waals surface area contributed by atoms with Crippen LogP contribution in [0.15, 0.2) is 30.3 Å². The molecule has 0 unspecified atom stereocenters. The molecule has 7 heteroatoms. The normalized spacial score (nSPS) is 11.5. The second kappa shape index (κ2) is 5.79. The first-order valence-electron chi connectivity index (χ1n) is 6.34. The second-order valence-electron chi connectivity index (χ2n) is 5.22. The third-order valence-electron chi connectivity index (χ3n) is 2.88. The van der Waals surface area contributed by atoms with E-state index in [0.29, 0.717) is 12.4 Å². The van der Waals surface area contributed by atoms with E-state index in [4.69, 9.17) is 5.73 Å². The number of hydrogen-bond donors (Lipinski definition) is 2. The molecule has 0 aliphatic carbocycles. The fraction of sp³-hybridized carbons (Fsp3) is 0.385. The summed E-state index contributed by atoms with van der Waals surface area (Å²) in [5.74, 6) is 0.332. The van der Waals surface area contributed by atoms with Crippen LogP contribution in [0.25, 0.3) is 5.69 Å². The van der Waals surface area contributed by atoms with Gasteiger partial charge < -0.3 is 11.1 Å². The van der Waals surface area contributed by atoms with Crippen LogP contribution >= 0.6 is 0 Å². The van der Waals surface area contributed by atoms with Gasteiger partial charge in [0.2, 0.25) is 5.91 Å². The Balaban J connectivity index is 2.09. The predicted molar refractivity (Wildman–Crippen MR) is 73.9 cm³/mol. The van der Waals surface area contributed by atoms with E-state index >= 15 is 0 Å². The zero-order valence-electron chi connectivity index (χ0n) is 11.6. The maximum absolute atomic E-state index is 11.0. The molecule has 20 heavy (non-hydrogen) atoms. The quantitative estimate of drug-likeness (QED) is 0.794. The molecule has 1 heterocycles. The van der Waals surface area contributed by atoms with Crippen molar-refractivity contribution < 1.29 is 4.79 Å². The summed E-state index contributed by atoms with van der Waals surface area (Å²) in [6, 6.07) is 9.63. The van der Waals surface area contributed by atoms with E-state index in [9.17, 15) is 4.79 Å². The molecule has 1 aromatic heterocycles. The van der Waals surface area contributed by atoms with Crippen molar-refractivity contribution in [3.8, 4) is 5.69 Å². The Morgan fingerprint density at radius 2 is 2.05 bits per heavy atom. The van der Waals surface area contributed by atoms with Crippen molar-refractivity contribution in [2.45, 2.75) is 32.4 Å². The topological polar surface area (TPSA) is 98.7 Å². The van der Waals surface area contributed by atoms with Gasteiger partial charge in [-0.25, -0.2) is 0 Å². The molecule has 0 saturated heterocycles. The van der Waals surface area contributed by atoms with Crippen LogP contribution in [0.1, 0.15) is 26.1 Å². The maximum Gasteiger partial charge on any atom is 0.219 e. The number of tetrazole rings is 1. The minimum Gasteiger partial charge on any atom is -0.370 e. The SMILES string of the molecule is CC(C)(CC(N)=O)NCc1nnnn1-c1ccccc1. The van der Waals surface area contributed by atoms with Crippen LogP contribution in [0.2, 0.25) is 0 Å². The number of nitrogens with two attached hydrogens (primary N) is 1. The van der Waals surface area contributed by atoms with E-state index in [1.807, 2.05) is 44.2 Å². The lowest BCUT2D eigenvalue weighted by molar-refractivity contribution is -0.119. The fourth-order valence-corrected chi connectivity index (χ4v) is 1.90. The number of hydrogen-bond acceptors (Lipinski definition) is 5. The molecule has 7 nitrogen and oxygen atoms in total. The summed E-state index contributed by atoms with van der Waals surface area (Å²) in [4.78, 5) is 11.0. The van der Waals surface area contributed by atoms with Gasteiger partial charge in [-0.05, 0) is 36.4 Å². The lowest BCUT2D eigenvalue weighted by Crippen LogP contribution is -2.42. The van der Waals surface area contributed by atoms with Crippen molar-refractivity contribution in [1.29, 1.82) is 0 Å². The van der Waals surface area contributed by atoms with E-state index in [2.05, 4.69) is 20.8 Å². The summed E-state index contributed by atoms with van der Waals surface area (Å²) < 4.78 is 1.66. The molecular formula is C13H18N6O. The lowest BCUT2D eigenvalue weighted by atomic mass is 10.0. The highest BCUT2D eigenvalue weighted by Crippen LogP contribution is 2.11. The summed E-state index contributed by atoms with van der Waals surface area (Å²) in [5, 5.41) is 14.9. The highest BCUT2D eigenvalue weighted by atomic mass is 16.1. The first-order valence-corrected chi connectivity index (χ1v) is 6.34. The number of carbonyl (C=O) groups is 1. The fourth-order valence-electron chi connectivity index (χ4n) is 1.90. The molecule has 1 aromatic carbocycles. The molecule has 0 fully saturated rings. The van der Waals surface area contributed by atoms with Gasteiger partial charge in [-0.15, -0.1) is 5.10 Å². The molecule has 0 bridgehead atoms. The van der Waals surface area contributed by atoms with E-state index in [-0.39, 0.29) is 12.3 Å². The summed E-state index contributed by atoms with van der Waals surface area (Å²) >= 11 is 0. The van der Waals surface area contributed by atoms with Gasteiger partial charge in [0.15, 0.2) is 5.82 Å². The highest BCUT2D eigenvalue weighted by molar-refractivity contribution is 5.74. The van der Waals surface area contributed by atoms with E-state index in [0.717, 1.165) is 5.69 Å². The lowest BCUT2D eigenvalue weighted by Gasteiger charge is -2.24. The van der Waals surface area contributed by atoms with Crippen molar-refractivity contribution >= 4 is 5.91 Å². The number of carbonyl (C=O) groups excluding carboxylic acids is 1. The van der Waals surface area contributed by atoms with E-state index < -0.39 is 5.54 Å². The first kappa shape index (κ1) is 14.1. The van der Waals surface area contributed by atoms with Crippen LogP contribution in [-0.2, 0) is 11.3 Å². The predicted octanol–water partition coefficient (Wildman–Crippen LogP) is 0.406. The Labute approximate surface area is 117 Å². The average Bonchev–Trinajstić information content (AvgIpc) is 2.84. The number of para-hydroxylation sites is 1. The molecule has 2 aromatic rings. The molecule has 0 aliphatic rings. The Bertz CT molecular complexity index is 578. The molecule has 0 atom stereocenters. The standard InChI is InChI=1S/C13H18N6O/c1-13(2,8-11(14)20)15-9-12-16-17-18-19(12)10-6-4-3-5-7-10/h3-7,15H,8-9H2,1-2H3,(H2,14,20). The third-order valence-corrected chi connectivity index (χ3v) is 2.88. The Morgan fingerprint density at radius 1 is 1.35 bits per heavy atom. The van der Waals surface area contributed by atoms with Crippen molar-refractivity contribution in [3.63, 3.8) is 0 Å². The van der Waals surface area contributed by atoms with Gasteiger partial charge in [0.1, 0.15) is 0 Å². The van der Waals surface area contributed by atoms with Gasteiger partial charge in [-0.3, -0.25) is 4.79 Å². The number of primary amides is 1. The smallest absolute Gasteiger partial charge is 0.219 e. The number of nitrogens with one attached hydrogen (secondary N) is 1. The van der Waals surface area contributed by atoms with Crippen molar-refractivity contribution in [3.05, 3.63) is 36.2 Å². The van der Waals surface area contributed by atoms with Crippen LogP contribution in [0.3, 0.4) is 0 Å². The van der Waals surface area contributed by atoms with Crippen LogP contribution in [0.4, 0.5) is 0 Å². The summed E-state index contributed by atoms with van der Waals surface area (Å²) in [5.41, 5.74) is 5.71. The van der Waals surface area contributed by atoms with Gasteiger partial charge in [0.05, 0.1) is 12.2 Å². The maximum atomic E-state index is 11.0. The number of benzene rings is 1. The second-order valence-corrected chi connectivity index (χ2v) is 5.22. The van der Waals surface area contributed by atoms with E-state index in [1.54, 1.807) is 4.68 Å². The van der Waals surface area contributed by atoms with Crippen LogP contribution in [0.5, 0.6) is 0 Å². The Hall–Kier alpha value is -2.28. The van der Waals surface area contributed by atoms with Gasteiger partial charge in [0.25, 0.3) is 0 Å². The van der Waals surface area contributed by atoms with Crippen molar-refractivity contribution in [1.82, 2.24) is 25.5 Å². The van der Waals surface area contributed by atoms with Crippen LogP contribution in [-0.4, -0.2) is 31.7 Å². The third kappa shape index (κ3) is 3.61. The number of amides is 1. The largest absolute Gasteiger partial charge is 0.370 e. The summed E-state index contributed by atoms with van der Waals surface area (Å²) in [7, 11) is 0. The Kier molecular flexibility index (Phi) is 4.09. The summed E-state index contributed by atoms with van der Waals surface area (Å²) in [6.07, 6.45) is 0.250. The molecule has 0 spiro atoms. The zero-order chi connectivity index (χ0) is 14.6. The van der Waals surface area contributed by atoms with Crippen molar-refractivity contribution in [2.75, 3.05) is 0 Å². The molecular weight excluding hydrogens is 256 g/mol. The first-order chi connectivity index (χ1) is 9.48. The number of nitrogens with zero attached hydrogens (tertiary/aromatic N) is 4. The molecule has 1 amide bonds. The molecule has 2 rings (SSSR count). The van der Waals surface area contributed by atoms with Gasteiger partial charge in [-0.1, -0.05) is 18.2 Å². The molecule has 3 N–H and O–H groups in total. The zero-order valence-corrected chi connectivity index (χ0v) is 11.6. The summed E-state index contributed by atoms with van der Waals surface area (Å²) in [6.45, 7) is 4.27. The van der Waals surface area contributed by atoms with Gasteiger partial charge in [-0.2, -0.15) is 4.68 Å². The van der Waals surface area contributed by atoms with Crippen LogP contribution in [0, 0.1) is 0 Å². The number of aromatic nitrogens is 4.